The van der Waals surface area contributed by atoms with Gasteiger partial charge in [-0.05, 0) is 82.2 Å². The lowest BCUT2D eigenvalue weighted by molar-refractivity contribution is 0.0696. The molecule has 0 fully saturated rings. The molecule has 0 unspecified atom stereocenters. The molecule has 6 heteroatoms. The normalized spacial score (nSPS) is 10.8. The van der Waals surface area contributed by atoms with Crippen LogP contribution in [0, 0.1) is 3.57 Å². The number of rotatable bonds is 7. The molecular formula is C22H18INO4. The van der Waals surface area contributed by atoms with Gasteiger partial charge in [-0.25, -0.2) is 4.79 Å². The number of carboxylic acid groups (broad SMARTS) is 1. The number of nitrogens with zero attached hydrogens (tertiary/aromatic N) is 1. The van der Waals surface area contributed by atoms with Gasteiger partial charge in [0.05, 0.1) is 18.4 Å². The van der Waals surface area contributed by atoms with Crippen LogP contribution in [0.3, 0.4) is 0 Å². The Morgan fingerprint density at radius 1 is 1.07 bits per heavy atom. The van der Waals surface area contributed by atoms with E-state index in [4.69, 9.17) is 14.6 Å². The van der Waals surface area contributed by atoms with E-state index in [2.05, 4.69) is 27.6 Å². The Bertz CT molecular complexity index is 1020. The van der Waals surface area contributed by atoms with E-state index in [0.29, 0.717) is 11.5 Å². The van der Waals surface area contributed by atoms with Gasteiger partial charge >= 0.3 is 5.97 Å². The minimum absolute atomic E-state index is 0.232. The highest BCUT2D eigenvalue weighted by atomic mass is 127. The number of halogens is 1. The second-order valence-electron chi connectivity index (χ2n) is 5.94. The molecular weight excluding hydrogens is 469 g/mol. The second kappa shape index (κ2) is 9.36. The number of ether oxygens (including phenoxy) is 2. The third kappa shape index (κ3) is 5.32. The molecule has 3 aromatic rings. The summed E-state index contributed by atoms with van der Waals surface area (Å²) >= 11 is 2.25. The Labute approximate surface area is 176 Å². The van der Waals surface area contributed by atoms with Gasteiger partial charge in [0, 0.05) is 9.78 Å². The highest BCUT2D eigenvalue weighted by Gasteiger charge is 2.07. The lowest BCUT2D eigenvalue weighted by atomic mass is 10.1. The fourth-order valence-electron chi connectivity index (χ4n) is 2.54. The first kappa shape index (κ1) is 19.9. The van der Waals surface area contributed by atoms with Crippen LogP contribution in [-0.4, -0.2) is 24.4 Å². The van der Waals surface area contributed by atoms with E-state index in [0.717, 1.165) is 20.4 Å². The molecule has 142 valence electrons. The fourth-order valence-corrected chi connectivity index (χ4v) is 3.07. The molecule has 0 aromatic heterocycles. The van der Waals surface area contributed by atoms with Crippen LogP contribution in [0.4, 0.5) is 5.69 Å². The summed E-state index contributed by atoms with van der Waals surface area (Å²) in [7, 11) is 1.58. The Morgan fingerprint density at radius 3 is 2.64 bits per heavy atom. The summed E-state index contributed by atoms with van der Waals surface area (Å²) in [6.07, 6.45) is 1.77. The SMILES string of the molecule is COc1cc(C=Nc2cccc(I)c2)ccc1OCc1cccc(C(=O)O)c1. The molecule has 0 aliphatic heterocycles. The quantitative estimate of drug-likeness (QED) is 0.362. The van der Waals surface area contributed by atoms with E-state index in [1.54, 1.807) is 31.5 Å². The van der Waals surface area contributed by atoms with Crippen molar-refractivity contribution < 1.29 is 19.4 Å². The van der Waals surface area contributed by atoms with E-state index in [-0.39, 0.29) is 12.2 Å². The van der Waals surface area contributed by atoms with Crippen molar-refractivity contribution in [2.45, 2.75) is 6.61 Å². The van der Waals surface area contributed by atoms with Crippen LogP contribution in [0.15, 0.2) is 71.7 Å². The zero-order valence-electron chi connectivity index (χ0n) is 15.1. The largest absolute Gasteiger partial charge is 0.493 e. The molecule has 0 heterocycles. The topological polar surface area (TPSA) is 68.1 Å². The van der Waals surface area contributed by atoms with Crippen molar-refractivity contribution in [2.75, 3.05) is 7.11 Å². The zero-order chi connectivity index (χ0) is 19.9. The summed E-state index contributed by atoms with van der Waals surface area (Å²) < 4.78 is 12.4. The van der Waals surface area contributed by atoms with Crippen molar-refractivity contribution in [3.63, 3.8) is 0 Å². The molecule has 1 N–H and O–H groups in total. The third-order valence-electron chi connectivity index (χ3n) is 3.93. The fraction of sp³-hybridized carbons (Fsp3) is 0.0909. The van der Waals surface area contributed by atoms with Gasteiger partial charge in [0.25, 0.3) is 0 Å². The van der Waals surface area contributed by atoms with Crippen molar-refractivity contribution >= 4 is 40.5 Å². The average molecular weight is 487 g/mol. The smallest absolute Gasteiger partial charge is 0.335 e. The highest BCUT2D eigenvalue weighted by molar-refractivity contribution is 14.1. The number of benzene rings is 3. The number of carbonyl (C=O) groups is 1. The Morgan fingerprint density at radius 2 is 1.89 bits per heavy atom. The Hall–Kier alpha value is -2.87. The maximum absolute atomic E-state index is 11.1. The molecule has 28 heavy (non-hydrogen) atoms. The minimum atomic E-state index is -0.962. The van der Waals surface area contributed by atoms with E-state index in [1.165, 1.54) is 0 Å². The van der Waals surface area contributed by atoms with Gasteiger partial charge in [-0.15, -0.1) is 0 Å². The molecule has 0 atom stereocenters. The molecule has 0 spiro atoms. The summed E-state index contributed by atoms with van der Waals surface area (Å²) in [6, 6.07) is 20.1. The maximum atomic E-state index is 11.1. The van der Waals surface area contributed by atoms with Crippen LogP contribution >= 0.6 is 22.6 Å². The predicted molar refractivity (Wildman–Crippen MR) is 117 cm³/mol. The van der Waals surface area contributed by atoms with Crippen LogP contribution in [0.2, 0.25) is 0 Å². The van der Waals surface area contributed by atoms with Gasteiger partial charge in [-0.3, -0.25) is 4.99 Å². The van der Waals surface area contributed by atoms with E-state index < -0.39 is 5.97 Å². The van der Waals surface area contributed by atoms with Gasteiger partial charge in [-0.1, -0.05) is 18.2 Å². The molecule has 0 amide bonds. The first-order chi connectivity index (χ1) is 13.5. The highest BCUT2D eigenvalue weighted by Crippen LogP contribution is 2.28. The first-order valence-electron chi connectivity index (χ1n) is 8.48. The third-order valence-corrected chi connectivity index (χ3v) is 4.60. The van der Waals surface area contributed by atoms with Crippen LogP contribution in [0.25, 0.3) is 0 Å². The average Bonchev–Trinajstić information content (AvgIpc) is 2.71. The summed E-state index contributed by atoms with van der Waals surface area (Å²) in [5.41, 5.74) is 2.77. The standard InChI is InChI=1S/C22H18INO4/c1-27-21-11-15(13-24-19-7-3-6-18(23)12-19)8-9-20(21)28-14-16-4-2-5-17(10-16)22(25)26/h2-13H,14H2,1H3,(H,25,26). The first-order valence-corrected chi connectivity index (χ1v) is 9.56. The predicted octanol–water partition coefficient (Wildman–Crippen LogP) is 5.33. The molecule has 0 radical (unpaired) electrons. The lowest BCUT2D eigenvalue weighted by Crippen LogP contribution is -2.01. The summed E-state index contributed by atoms with van der Waals surface area (Å²) in [5, 5.41) is 9.08. The minimum Gasteiger partial charge on any atom is -0.493 e. The number of hydrogen-bond donors (Lipinski definition) is 1. The van der Waals surface area contributed by atoms with Gasteiger partial charge < -0.3 is 14.6 Å². The van der Waals surface area contributed by atoms with E-state index >= 15 is 0 Å². The Balaban J connectivity index is 1.72. The van der Waals surface area contributed by atoms with Crippen molar-refractivity contribution in [3.05, 3.63) is 87.0 Å². The number of aliphatic imine (C=N–C) groups is 1. The van der Waals surface area contributed by atoms with Gasteiger partial charge in [-0.2, -0.15) is 0 Å². The second-order valence-corrected chi connectivity index (χ2v) is 7.19. The molecule has 3 aromatic carbocycles. The number of carboxylic acids is 1. The molecule has 0 saturated carbocycles. The summed E-state index contributed by atoms with van der Waals surface area (Å²) in [4.78, 5) is 15.6. The van der Waals surface area contributed by atoms with Gasteiger partial charge in [0.2, 0.25) is 0 Å². The molecule has 5 nitrogen and oxygen atoms in total. The van der Waals surface area contributed by atoms with Crippen LogP contribution in [0.1, 0.15) is 21.5 Å². The monoisotopic (exact) mass is 487 g/mol. The van der Waals surface area contributed by atoms with E-state index in [1.807, 2.05) is 48.5 Å². The Kier molecular flexibility index (Phi) is 6.65. The number of aromatic carboxylic acids is 1. The molecule has 0 bridgehead atoms. The van der Waals surface area contributed by atoms with Crippen LogP contribution in [-0.2, 0) is 6.61 Å². The van der Waals surface area contributed by atoms with Crippen molar-refractivity contribution in [2.24, 2.45) is 4.99 Å². The van der Waals surface area contributed by atoms with Crippen LogP contribution in [0.5, 0.6) is 11.5 Å². The lowest BCUT2D eigenvalue weighted by Gasteiger charge is -2.11. The molecule has 0 aliphatic rings. The molecule has 0 aliphatic carbocycles. The van der Waals surface area contributed by atoms with Crippen molar-refractivity contribution in [3.8, 4) is 11.5 Å². The van der Waals surface area contributed by atoms with E-state index in [9.17, 15) is 4.79 Å². The molecule has 0 saturated heterocycles. The van der Waals surface area contributed by atoms with Gasteiger partial charge in [0.15, 0.2) is 11.5 Å². The maximum Gasteiger partial charge on any atom is 0.335 e. The summed E-state index contributed by atoms with van der Waals surface area (Å²) in [6.45, 7) is 0.243. The number of methoxy groups -OCH3 is 1. The van der Waals surface area contributed by atoms with Gasteiger partial charge in [0.1, 0.15) is 6.61 Å². The molecule has 3 rings (SSSR count). The zero-order valence-corrected chi connectivity index (χ0v) is 17.3. The van der Waals surface area contributed by atoms with Crippen molar-refractivity contribution in [1.29, 1.82) is 0 Å². The van der Waals surface area contributed by atoms with Crippen molar-refractivity contribution in [1.82, 2.24) is 0 Å². The van der Waals surface area contributed by atoms with Crippen LogP contribution < -0.4 is 9.47 Å². The summed E-state index contributed by atoms with van der Waals surface area (Å²) in [5.74, 6) is 0.201. The number of hydrogen-bond acceptors (Lipinski definition) is 4.